The van der Waals surface area contributed by atoms with Gasteiger partial charge < -0.3 is 19.8 Å². The standard InChI is InChI=1S/C20H22ClN3O3/c1-12(2)11-27-19-14(21)8-13(9-17(19)26-3)20(25)22-10-18-23-15-6-4-5-7-16(15)24-18/h4-9,12H,10-11H2,1-3H3,(H,22,25)(H,23,24). The van der Waals surface area contributed by atoms with Crippen LogP contribution in [0.4, 0.5) is 0 Å². The lowest BCUT2D eigenvalue weighted by Crippen LogP contribution is -2.23. The van der Waals surface area contributed by atoms with Gasteiger partial charge in [0, 0.05) is 5.56 Å². The summed E-state index contributed by atoms with van der Waals surface area (Å²) in [6.45, 7) is 4.87. The van der Waals surface area contributed by atoms with Crippen LogP contribution in [0.15, 0.2) is 36.4 Å². The Bertz CT molecular complexity index is 920. The van der Waals surface area contributed by atoms with Gasteiger partial charge >= 0.3 is 0 Å². The highest BCUT2D eigenvalue weighted by Gasteiger charge is 2.16. The van der Waals surface area contributed by atoms with E-state index in [1.165, 1.54) is 7.11 Å². The number of amides is 1. The molecule has 0 saturated heterocycles. The van der Waals surface area contributed by atoms with E-state index in [1.54, 1.807) is 12.1 Å². The number of fused-ring (bicyclic) bond motifs is 1. The van der Waals surface area contributed by atoms with Crippen molar-refractivity contribution in [3.63, 3.8) is 0 Å². The van der Waals surface area contributed by atoms with Gasteiger partial charge in [-0.2, -0.15) is 0 Å². The molecule has 3 aromatic rings. The number of ether oxygens (including phenoxy) is 2. The molecule has 2 aromatic carbocycles. The summed E-state index contributed by atoms with van der Waals surface area (Å²) < 4.78 is 11.1. The molecular weight excluding hydrogens is 366 g/mol. The number of carbonyl (C=O) groups is 1. The number of hydrogen-bond acceptors (Lipinski definition) is 4. The van der Waals surface area contributed by atoms with Crippen molar-refractivity contribution in [3.05, 3.63) is 52.8 Å². The van der Waals surface area contributed by atoms with Gasteiger partial charge in [-0.25, -0.2) is 4.98 Å². The third kappa shape index (κ3) is 4.52. The average molecular weight is 388 g/mol. The van der Waals surface area contributed by atoms with E-state index in [0.29, 0.717) is 40.4 Å². The Morgan fingerprint density at radius 2 is 2.07 bits per heavy atom. The zero-order valence-corrected chi connectivity index (χ0v) is 16.3. The molecule has 3 rings (SSSR count). The van der Waals surface area contributed by atoms with E-state index in [2.05, 4.69) is 15.3 Å². The number of aromatic amines is 1. The summed E-state index contributed by atoms with van der Waals surface area (Å²) in [5, 5.41) is 3.17. The van der Waals surface area contributed by atoms with Crippen LogP contribution in [0, 0.1) is 5.92 Å². The zero-order valence-electron chi connectivity index (χ0n) is 15.5. The van der Waals surface area contributed by atoms with E-state index in [1.807, 2.05) is 38.1 Å². The summed E-state index contributed by atoms with van der Waals surface area (Å²) in [6.07, 6.45) is 0. The highest BCUT2D eigenvalue weighted by atomic mass is 35.5. The van der Waals surface area contributed by atoms with Crippen LogP contribution >= 0.6 is 11.6 Å². The number of hydrogen-bond donors (Lipinski definition) is 2. The van der Waals surface area contributed by atoms with Crippen LogP contribution in [0.5, 0.6) is 11.5 Å². The van der Waals surface area contributed by atoms with Crippen molar-refractivity contribution in [3.8, 4) is 11.5 Å². The topological polar surface area (TPSA) is 76.2 Å². The van der Waals surface area contributed by atoms with Crippen molar-refractivity contribution in [2.75, 3.05) is 13.7 Å². The van der Waals surface area contributed by atoms with Gasteiger partial charge in [0.2, 0.25) is 0 Å². The molecule has 1 amide bonds. The molecule has 0 radical (unpaired) electrons. The van der Waals surface area contributed by atoms with Crippen molar-refractivity contribution in [1.29, 1.82) is 0 Å². The normalized spacial score (nSPS) is 11.0. The second kappa shape index (κ2) is 8.31. The second-order valence-electron chi connectivity index (χ2n) is 6.58. The number of H-pyrrole nitrogens is 1. The molecule has 0 fully saturated rings. The molecule has 1 aromatic heterocycles. The molecule has 7 heteroatoms. The summed E-state index contributed by atoms with van der Waals surface area (Å²) in [5.74, 6) is 1.63. The van der Waals surface area contributed by atoms with Crippen LogP contribution in [0.1, 0.15) is 30.0 Å². The quantitative estimate of drug-likeness (QED) is 0.637. The minimum absolute atomic E-state index is 0.272. The molecule has 142 valence electrons. The fourth-order valence-corrected chi connectivity index (χ4v) is 2.86. The minimum Gasteiger partial charge on any atom is -0.493 e. The number of halogens is 1. The zero-order chi connectivity index (χ0) is 19.4. The number of aromatic nitrogens is 2. The number of para-hydroxylation sites is 2. The van der Waals surface area contributed by atoms with Crippen LogP contribution in [0.25, 0.3) is 11.0 Å². The maximum absolute atomic E-state index is 12.5. The fraction of sp³-hybridized carbons (Fsp3) is 0.300. The number of nitrogens with one attached hydrogen (secondary N) is 2. The molecule has 0 aliphatic rings. The van der Waals surface area contributed by atoms with Gasteiger partial charge in [-0.05, 0) is 30.2 Å². The van der Waals surface area contributed by atoms with Crippen molar-refractivity contribution in [2.24, 2.45) is 5.92 Å². The number of methoxy groups -OCH3 is 1. The summed E-state index contributed by atoms with van der Waals surface area (Å²) in [5.41, 5.74) is 2.18. The Labute approximate surface area is 162 Å². The monoisotopic (exact) mass is 387 g/mol. The summed E-state index contributed by atoms with van der Waals surface area (Å²) in [4.78, 5) is 20.1. The molecular formula is C20H22ClN3O3. The van der Waals surface area contributed by atoms with Crippen molar-refractivity contribution in [2.45, 2.75) is 20.4 Å². The van der Waals surface area contributed by atoms with Gasteiger partial charge in [0.15, 0.2) is 11.5 Å². The largest absolute Gasteiger partial charge is 0.493 e. The lowest BCUT2D eigenvalue weighted by molar-refractivity contribution is 0.0949. The SMILES string of the molecule is COc1cc(C(=O)NCc2nc3ccccc3[nH]2)cc(Cl)c1OCC(C)C. The maximum atomic E-state index is 12.5. The van der Waals surface area contributed by atoms with E-state index in [0.717, 1.165) is 11.0 Å². The molecule has 0 aliphatic carbocycles. The molecule has 0 unspecified atom stereocenters. The van der Waals surface area contributed by atoms with Crippen LogP contribution in [0.3, 0.4) is 0 Å². The van der Waals surface area contributed by atoms with E-state index in [9.17, 15) is 4.79 Å². The first-order valence-electron chi connectivity index (χ1n) is 8.70. The number of rotatable bonds is 7. The highest BCUT2D eigenvalue weighted by molar-refractivity contribution is 6.32. The van der Waals surface area contributed by atoms with Crippen LogP contribution in [-0.2, 0) is 6.54 Å². The fourth-order valence-electron chi connectivity index (χ4n) is 2.60. The maximum Gasteiger partial charge on any atom is 0.251 e. The van der Waals surface area contributed by atoms with Gasteiger partial charge in [0.25, 0.3) is 5.91 Å². The Balaban J connectivity index is 1.72. The molecule has 0 saturated carbocycles. The summed E-state index contributed by atoms with van der Waals surface area (Å²) in [7, 11) is 1.52. The smallest absolute Gasteiger partial charge is 0.251 e. The summed E-state index contributed by atoms with van der Waals surface area (Å²) >= 11 is 6.31. The third-order valence-electron chi connectivity index (χ3n) is 3.91. The first kappa shape index (κ1) is 19.0. The predicted molar refractivity (Wildman–Crippen MR) is 106 cm³/mol. The molecule has 27 heavy (non-hydrogen) atoms. The van der Waals surface area contributed by atoms with E-state index < -0.39 is 0 Å². The van der Waals surface area contributed by atoms with Gasteiger partial charge in [0.1, 0.15) is 5.82 Å². The molecule has 0 aliphatic heterocycles. The molecule has 1 heterocycles. The van der Waals surface area contributed by atoms with Crippen LogP contribution < -0.4 is 14.8 Å². The van der Waals surface area contributed by atoms with Gasteiger partial charge in [-0.15, -0.1) is 0 Å². The number of benzene rings is 2. The van der Waals surface area contributed by atoms with Crippen molar-refractivity contribution >= 4 is 28.5 Å². The first-order chi connectivity index (χ1) is 13.0. The number of carbonyl (C=O) groups excluding carboxylic acids is 1. The third-order valence-corrected chi connectivity index (χ3v) is 4.19. The second-order valence-corrected chi connectivity index (χ2v) is 6.98. The average Bonchev–Trinajstić information content (AvgIpc) is 3.07. The number of nitrogens with zero attached hydrogens (tertiary/aromatic N) is 1. The molecule has 0 spiro atoms. The Morgan fingerprint density at radius 1 is 1.30 bits per heavy atom. The van der Waals surface area contributed by atoms with Gasteiger partial charge in [-0.1, -0.05) is 37.6 Å². The Hall–Kier alpha value is -2.73. The Kier molecular flexibility index (Phi) is 5.86. The molecule has 2 N–H and O–H groups in total. The van der Waals surface area contributed by atoms with Crippen LogP contribution in [-0.4, -0.2) is 29.6 Å². The molecule has 6 nitrogen and oxygen atoms in total. The lowest BCUT2D eigenvalue weighted by Gasteiger charge is -2.15. The highest BCUT2D eigenvalue weighted by Crippen LogP contribution is 2.36. The van der Waals surface area contributed by atoms with E-state index in [4.69, 9.17) is 21.1 Å². The molecule has 0 atom stereocenters. The number of imidazole rings is 1. The summed E-state index contributed by atoms with van der Waals surface area (Å²) in [6, 6.07) is 10.9. The lowest BCUT2D eigenvalue weighted by atomic mass is 10.2. The van der Waals surface area contributed by atoms with Gasteiger partial charge in [-0.3, -0.25) is 4.79 Å². The minimum atomic E-state index is -0.272. The first-order valence-corrected chi connectivity index (χ1v) is 9.08. The molecule has 0 bridgehead atoms. The Morgan fingerprint density at radius 3 is 2.78 bits per heavy atom. The van der Waals surface area contributed by atoms with Crippen LogP contribution in [0.2, 0.25) is 5.02 Å². The van der Waals surface area contributed by atoms with E-state index >= 15 is 0 Å². The van der Waals surface area contributed by atoms with Crippen molar-refractivity contribution in [1.82, 2.24) is 15.3 Å². The van der Waals surface area contributed by atoms with E-state index in [-0.39, 0.29) is 12.5 Å². The predicted octanol–water partition coefficient (Wildman–Crippen LogP) is 4.19. The van der Waals surface area contributed by atoms with Gasteiger partial charge in [0.05, 0.1) is 36.3 Å². The van der Waals surface area contributed by atoms with Crippen molar-refractivity contribution < 1.29 is 14.3 Å².